The van der Waals surface area contributed by atoms with Gasteiger partial charge in [0.1, 0.15) is 0 Å². The lowest BCUT2D eigenvalue weighted by atomic mass is 10.2. The van der Waals surface area contributed by atoms with Crippen LogP contribution in [0.1, 0.15) is 5.56 Å². The molecular weight excluding hydrogens is 286 g/mol. The van der Waals surface area contributed by atoms with Gasteiger partial charge in [-0.05, 0) is 29.8 Å². The molecule has 0 saturated heterocycles. The van der Waals surface area contributed by atoms with Crippen LogP contribution < -0.4 is 5.32 Å². The van der Waals surface area contributed by atoms with Crippen LogP contribution in [0.15, 0.2) is 30.5 Å². The predicted octanol–water partition coefficient (Wildman–Crippen LogP) is 4.03. The summed E-state index contributed by atoms with van der Waals surface area (Å²) in [4.78, 5) is 6.94. The van der Waals surface area contributed by atoms with E-state index >= 15 is 0 Å². The van der Waals surface area contributed by atoms with E-state index in [0.29, 0.717) is 0 Å². The second kappa shape index (κ2) is 5.00. The molecule has 0 aliphatic heterocycles. The highest BCUT2D eigenvalue weighted by Gasteiger charge is 2.30. The zero-order valence-electron chi connectivity index (χ0n) is 9.17. The van der Waals surface area contributed by atoms with Crippen LogP contribution in [-0.2, 0) is 6.18 Å². The summed E-state index contributed by atoms with van der Waals surface area (Å²) in [6.07, 6.45) is -3.65. The minimum Gasteiger partial charge on any atom is -0.338 e. The second-order valence-corrected chi connectivity index (χ2v) is 3.88. The summed E-state index contributed by atoms with van der Waals surface area (Å²) in [6, 6.07) is 4.31. The van der Waals surface area contributed by atoms with E-state index in [1.807, 2.05) is 0 Å². The summed E-state index contributed by atoms with van der Waals surface area (Å²) in [5, 5.41) is 2.20. The van der Waals surface area contributed by atoms with Crippen LogP contribution in [0.25, 0.3) is 0 Å². The van der Waals surface area contributed by atoms with E-state index in [1.165, 1.54) is 12.1 Å². The smallest absolute Gasteiger partial charge is 0.338 e. The molecule has 0 unspecified atom stereocenters. The number of nitrogens with zero attached hydrogens (tertiary/aromatic N) is 2. The highest BCUT2D eigenvalue weighted by atomic mass is 35.5. The van der Waals surface area contributed by atoms with Crippen molar-refractivity contribution in [1.82, 2.24) is 9.97 Å². The van der Waals surface area contributed by atoms with Crippen molar-refractivity contribution in [2.24, 2.45) is 0 Å². The van der Waals surface area contributed by atoms with E-state index in [2.05, 4.69) is 15.3 Å². The number of alkyl halides is 3. The molecule has 0 bridgehead atoms. The van der Waals surface area contributed by atoms with Crippen molar-refractivity contribution in [3.63, 3.8) is 0 Å². The van der Waals surface area contributed by atoms with Gasteiger partial charge >= 0.3 is 6.18 Å². The van der Waals surface area contributed by atoms with Gasteiger partial charge < -0.3 is 5.32 Å². The Morgan fingerprint density at radius 2 is 1.95 bits per heavy atom. The Labute approximate surface area is 110 Å². The van der Waals surface area contributed by atoms with Crippen LogP contribution in [0, 0.1) is 5.82 Å². The van der Waals surface area contributed by atoms with Gasteiger partial charge in [-0.3, -0.25) is 0 Å². The van der Waals surface area contributed by atoms with Gasteiger partial charge in [-0.2, -0.15) is 18.2 Å². The largest absolute Gasteiger partial charge is 0.416 e. The fraction of sp³-hybridized carbons (Fsp3) is 0.0909. The summed E-state index contributed by atoms with van der Waals surface area (Å²) >= 11 is 5.48. The predicted molar refractivity (Wildman–Crippen MR) is 61.7 cm³/mol. The van der Waals surface area contributed by atoms with E-state index in [4.69, 9.17) is 11.6 Å². The number of nitrogens with one attached hydrogen (secondary N) is 1. The number of rotatable bonds is 2. The van der Waals surface area contributed by atoms with Crippen molar-refractivity contribution in [1.29, 1.82) is 0 Å². The summed E-state index contributed by atoms with van der Waals surface area (Å²) < 4.78 is 50.8. The summed E-state index contributed by atoms with van der Waals surface area (Å²) in [7, 11) is 0. The van der Waals surface area contributed by atoms with Gasteiger partial charge in [0.25, 0.3) is 0 Å². The van der Waals surface area contributed by atoms with Gasteiger partial charge in [-0.25, -0.2) is 9.37 Å². The Morgan fingerprint density at radius 3 is 2.63 bits per heavy atom. The maximum atomic E-state index is 13.3. The fourth-order valence-corrected chi connectivity index (χ4v) is 1.48. The lowest BCUT2D eigenvalue weighted by Gasteiger charge is -2.10. The van der Waals surface area contributed by atoms with E-state index < -0.39 is 17.6 Å². The molecule has 1 aromatic heterocycles. The third-order valence-electron chi connectivity index (χ3n) is 2.17. The molecule has 8 heteroatoms. The molecule has 19 heavy (non-hydrogen) atoms. The van der Waals surface area contributed by atoms with Gasteiger partial charge in [0.2, 0.25) is 5.28 Å². The summed E-state index contributed by atoms with van der Waals surface area (Å²) in [6.45, 7) is 0. The Hall–Kier alpha value is -1.89. The third kappa shape index (κ3) is 3.31. The molecule has 0 aliphatic carbocycles. The average Bonchev–Trinajstić information content (AvgIpc) is 2.33. The summed E-state index contributed by atoms with van der Waals surface area (Å²) in [5.74, 6) is -1.11. The molecule has 0 spiro atoms. The number of benzene rings is 1. The van der Waals surface area contributed by atoms with Gasteiger partial charge in [-0.1, -0.05) is 6.07 Å². The van der Waals surface area contributed by atoms with Crippen LogP contribution in [0.3, 0.4) is 0 Å². The minimum atomic E-state index is -4.47. The van der Waals surface area contributed by atoms with Crippen molar-refractivity contribution in [3.8, 4) is 0 Å². The Balaban J connectivity index is 2.31. The molecule has 3 nitrogen and oxygen atoms in total. The van der Waals surface area contributed by atoms with Crippen LogP contribution in [-0.4, -0.2) is 9.97 Å². The Kier molecular flexibility index (Phi) is 3.57. The molecule has 0 saturated carbocycles. The first-order valence-electron chi connectivity index (χ1n) is 4.98. The lowest BCUT2D eigenvalue weighted by molar-refractivity contribution is -0.137. The highest BCUT2D eigenvalue weighted by Crippen LogP contribution is 2.31. The first-order chi connectivity index (χ1) is 8.86. The van der Waals surface area contributed by atoms with E-state index in [1.54, 1.807) is 0 Å². The van der Waals surface area contributed by atoms with E-state index in [0.717, 1.165) is 18.3 Å². The molecular formula is C11H6ClF4N3. The molecule has 0 fully saturated rings. The maximum absolute atomic E-state index is 13.3. The molecule has 1 aromatic carbocycles. The minimum absolute atomic E-state index is 0.0449. The fourth-order valence-electron chi connectivity index (χ4n) is 1.34. The highest BCUT2D eigenvalue weighted by molar-refractivity contribution is 6.28. The number of halogens is 5. The van der Waals surface area contributed by atoms with Crippen LogP contribution in [0.2, 0.25) is 5.28 Å². The molecule has 0 radical (unpaired) electrons. The van der Waals surface area contributed by atoms with Crippen molar-refractivity contribution in [3.05, 3.63) is 47.1 Å². The monoisotopic (exact) mass is 291 g/mol. The van der Waals surface area contributed by atoms with Crippen LogP contribution in [0.5, 0.6) is 0 Å². The van der Waals surface area contributed by atoms with Gasteiger partial charge in [-0.15, -0.1) is 0 Å². The zero-order chi connectivity index (χ0) is 14.0. The average molecular weight is 292 g/mol. The van der Waals surface area contributed by atoms with E-state index in [-0.39, 0.29) is 16.8 Å². The maximum Gasteiger partial charge on any atom is 0.416 e. The first-order valence-corrected chi connectivity index (χ1v) is 5.36. The quantitative estimate of drug-likeness (QED) is 0.670. The number of aromatic nitrogens is 2. The number of hydrogen-bond donors (Lipinski definition) is 1. The summed E-state index contributed by atoms with van der Waals surface area (Å²) in [5.41, 5.74) is -0.804. The van der Waals surface area contributed by atoms with Crippen LogP contribution >= 0.6 is 11.6 Å². The van der Waals surface area contributed by atoms with Crippen molar-refractivity contribution in [2.75, 3.05) is 5.32 Å². The van der Waals surface area contributed by atoms with E-state index in [9.17, 15) is 17.6 Å². The molecule has 100 valence electrons. The third-order valence-corrected chi connectivity index (χ3v) is 2.35. The van der Waals surface area contributed by atoms with Crippen LogP contribution in [0.4, 0.5) is 29.1 Å². The molecule has 2 rings (SSSR count). The Bertz CT molecular complexity index is 601. The molecule has 0 atom stereocenters. The van der Waals surface area contributed by atoms with Gasteiger partial charge in [0.05, 0.1) is 11.8 Å². The zero-order valence-corrected chi connectivity index (χ0v) is 9.93. The Morgan fingerprint density at radius 1 is 1.21 bits per heavy atom. The van der Waals surface area contributed by atoms with Crippen molar-refractivity contribution < 1.29 is 17.6 Å². The molecule has 0 aliphatic rings. The number of anilines is 2. The first kappa shape index (κ1) is 13.5. The lowest BCUT2D eigenvalue weighted by Crippen LogP contribution is -2.06. The van der Waals surface area contributed by atoms with Crippen molar-refractivity contribution in [2.45, 2.75) is 6.18 Å². The number of hydrogen-bond acceptors (Lipinski definition) is 3. The molecule has 1 N–H and O–H groups in total. The van der Waals surface area contributed by atoms with Gasteiger partial charge in [0, 0.05) is 5.69 Å². The molecule has 2 aromatic rings. The second-order valence-electron chi connectivity index (χ2n) is 3.54. The normalized spacial score (nSPS) is 11.4. The molecule has 0 amide bonds. The van der Waals surface area contributed by atoms with Gasteiger partial charge in [0.15, 0.2) is 11.6 Å². The standard InChI is InChI=1S/C11H6ClF4N3/c12-10-17-5-8(13)9(19-10)18-7-3-1-2-6(4-7)11(14,15)16/h1-5H,(H,17,18,19). The topological polar surface area (TPSA) is 37.8 Å². The van der Waals surface area contributed by atoms with Crippen molar-refractivity contribution >= 4 is 23.1 Å². The SMILES string of the molecule is Fc1cnc(Cl)nc1Nc1cccc(C(F)(F)F)c1. The molecule has 1 heterocycles.